The van der Waals surface area contributed by atoms with Gasteiger partial charge >= 0.3 is 11.9 Å². The van der Waals surface area contributed by atoms with Crippen molar-refractivity contribution in [2.24, 2.45) is 23.7 Å². The van der Waals surface area contributed by atoms with Crippen molar-refractivity contribution in [3.8, 4) is 0 Å². The largest absolute Gasteiger partial charge is 0.481 e. The fraction of sp³-hybridized carbons (Fsp3) is 0.952. The molecule has 46 heavy (non-hydrogen) atoms. The summed E-state index contributed by atoms with van der Waals surface area (Å²) >= 11 is 0. The van der Waals surface area contributed by atoms with Crippen molar-refractivity contribution in [1.29, 1.82) is 0 Å². The van der Waals surface area contributed by atoms with Crippen LogP contribution in [0.4, 0.5) is 0 Å². The predicted molar refractivity (Wildman–Crippen MR) is 200 cm³/mol. The fourth-order valence-electron chi connectivity index (χ4n) is 7.52. The van der Waals surface area contributed by atoms with Crippen molar-refractivity contribution in [1.82, 2.24) is 0 Å². The van der Waals surface area contributed by atoms with Crippen LogP contribution in [0, 0.1) is 23.7 Å². The zero-order chi connectivity index (χ0) is 34.1. The molecule has 0 aromatic carbocycles. The van der Waals surface area contributed by atoms with Crippen molar-refractivity contribution < 1.29 is 19.8 Å². The first-order valence-corrected chi connectivity index (χ1v) is 20.8. The first-order valence-electron chi connectivity index (χ1n) is 20.8. The molecule has 0 aliphatic heterocycles. The van der Waals surface area contributed by atoms with Crippen LogP contribution < -0.4 is 0 Å². The van der Waals surface area contributed by atoms with E-state index in [-0.39, 0.29) is 11.8 Å². The summed E-state index contributed by atoms with van der Waals surface area (Å²) in [4.78, 5) is 23.8. The second-order valence-corrected chi connectivity index (χ2v) is 15.1. The topological polar surface area (TPSA) is 74.6 Å². The first kappa shape index (κ1) is 44.9. The monoisotopic (exact) mass is 651 g/mol. The van der Waals surface area contributed by atoms with Gasteiger partial charge in [-0.1, -0.05) is 207 Å². The van der Waals surface area contributed by atoms with E-state index in [2.05, 4.69) is 27.7 Å². The third-order valence-electron chi connectivity index (χ3n) is 10.7. The number of hydrogen-bond acceptors (Lipinski definition) is 2. The third kappa shape index (κ3) is 28.0. The van der Waals surface area contributed by atoms with Gasteiger partial charge in [0.25, 0.3) is 0 Å². The lowest BCUT2D eigenvalue weighted by molar-refractivity contribution is -0.143. The molecule has 0 saturated heterocycles. The molecule has 4 nitrogen and oxygen atoms in total. The molecule has 0 aliphatic carbocycles. The van der Waals surface area contributed by atoms with E-state index >= 15 is 0 Å². The number of carboxylic acids is 2. The van der Waals surface area contributed by atoms with Crippen LogP contribution in [0.25, 0.3) is 0 Å². The Morgan fingerprint density at radius 1 is 0.326 bits per heavy atom. The molecular formula is C42H82O4. The Morgan fingerprint density at radius 3 is 0.739 bits per heavy atom. The molecule has 4 heteroatoms. The Balaban J connectivity index is 4.20. The molecule has 0 bridgehead atoms. The van der Waals surface area contributed by atoms with Crippen LogP contribution in [0.3, 0.4) is 0 Å². The highest BCUT2D eigenvalue weighted by Crippen LogP contribution is 2.27. The second kappa shape index (κ2) is 33.8. The van der Waals surface area contributed by atoms with Crippen LogP contribution >= 0.6 is 0 Å². The van der Waals surface area contributed by atoms with Gasteiger partial charge in [-0.05, 0) is 37.5 Å². The molecule has 274 valence electrons. The van der Waals surface area contributed by atoms with Gasteiger partial charge in [-0.2, -0.15) is 0 Å². The van der Waals surface area contributed by atoms with Gasteiger partial charge in [-0.25, -0.2) is 0 Å². The highest BCUT2D eigenvalue weighted by molar-refractivity contribution is 5.70. The van der Waals surface area contributed by atoms with Crippen LogP contribution in [0.2, 0.25) is 0 Å². The molecule has 0 spiro atoms. The number of carboxylic acid groups (broad SMARTS) is 2. The normalized spacial score (nSPS) is 13.1. The van der Waals surface area contributed by atoms with Crippen LogP contribution in [0.5, 0.6) is 0 Å². The highest BCUT2D eigenvalue weighted by Gasteiger charge is 2.20. The summed E-state index contributed by atoms with van der Waals surface area (Å²) in [6.45, 7) is 9.14. The number of aliphatic carboxylic acids is 2. The Labute approximate surface area is 288 Å². The maximum Gasteiger partial charge on any atom is 0.306 e. The van der Waals surface area contributed by atoms with E-state index in [1.54, 1.807) is 0 Å². The van der Waals surface area contributed by atoms with Gasteiger partial charge in [-0.15, -0.1) is 0 Å². The van der Waals surface area contributed by atoms with E-state index in [4.69, 9.17) is 0 Å². The Hall–Kier alpha value is -1.06. The molecule has 0 amide bonds. The smallest absolute Gasteiger partial charge is 0.306 e. The van der Waals surface area contributed by atoms with Gasteiger partial charge in [0.15, 0.2) is 0 Å². The molecule has 0 saturated carbocycles. The maximum atomic E-state index is 11.9. The van der Waals surface area contributed by atoms with Gasteiger partial charge in [-0.3, -0.25) is 9.59 Å². The zero-order valence-corrected chi connectivity index (χ0v) is 31.6. The molecule has 0 fully saturated rings. The van der Waals surface area contributed by atoms with E-state index in [1.165, 1.54) is 141 Å². The lowest BCUT2D eigenvalue weighted by Crippen LogP contribution is -2.15. The average molecular weight is 651 g/mol. The van der Waals surface area contributed by atoms with E-state index < -0.39 is 11.9 Å². The van der Waals surface area contributed by atoms with Crippen LogP contribution in [-0.2, 0) is 9.59 Å². The molecule has 2 unspecified atom stereocenters. The summed E-state index contributed by atoms with van der Waals surface area (Å²) in [5, 5.41) is 19.6. The Morgan fingerprint density at radius 2 is 0.522 bits per heavy atom. The lowest BCUT2D eigenvalue weighted by Gasteiger charge is -2.17. The maximum absolute atomic E-state index is 11.9. The Kier molecular flexibility index (Phi) is 33.0. The van der Waals surface area contributed by atoms with Gasteiger partial charge < -0.3 is 10.2 Å². The molecule has 0 aromatic rings. The highest BCUT2D eigenvalue weighted by atomic mass is 16.4. The summed E-state index contributed by atoms with van der Waals surface area (Å²) < 4.78 is 0. The SMILES string of the molecule is CCCCCC(CCCCC)CCCCCCC(CCCCC(CCCCCCC(CCCCC)CCCCC)C(=O)O)C(=O)O. The molecule has 0 radical (unpaired) electrons. The van der Waals surface area contributed by atoms with Gasteiger partial charge in [0.1, 0.15) is 0 Å². The van der Waals surface area contributed by atoms with E-state index in [9.17, 15) is 19.8 Å². The minimum atomic E-state index is -0.667. The van der Waals surface area contributed by atoms with Crippen LogP contribution in [0.1, 0.15) is 233 Å². The van der Waals surface area contributed by atoms with Gasteiger partial charge in [0.2, 0.25) is 0 Å². The van der Waals surface area contributed by atoms with Crippen LogP contribution in [-0.4, -0.2) is 22.2 Å². The number of carbonyl (C=O) groups is 2. The fourth-order valence-corrected chi connectivity index (χ4v) is 7.52. The standard InChI is InChI=1S/C42H82O4/c1-5-9-17-27-37(28-18-10-6-2)31-21-13-15-23-33-39(41(43)44)35-25-26-36-40(42(45)46)34-24-16-14-22-32-38(29-19-11-7-3)30-20-12-8-4/h37-40H,5-36H2,1-4H3,(H,43,44)(H,45,46). The summed E-state index contributed by atoms with van der Waals surface area (Å²) in [6.07, 6.45) is 38.3. The molecule has 0 aliphatic rings. The first-order chi connectivity index (χ1) is 22.4. The molecule has 2 atom stereocenters. The second-order valence-electron chi connectivity index (χ2n) is 15.1. The van der Waals surface area contributed by atoms with E-state index in [0.717, 1.165) is 63.2 Å². The summed E-state index contributed by atoms with van der Waals surface area (Å²) in [6, 6.07) is 0. The zero-order valence-electron chi connectivity index (χ0n) is 31.6. The summed E-state index contributed by atoms with van der Waals surface area (Å²) in [5.41, 5.74) is 0. The minimum absolute atomic E-state index is 0.271. The average Bonchev–Trinajstić information content (AvgIpc) is 3.03. The minimum Gasteiger partial charge on any atom is -0.481 e. The van der Waals surface area contributed by atoms with E-state index in [0.29, 0.717) is 12.8 Å². The summed E-state index contributed by atoms with van der Waals surface area (Å²) in [5.74, 6) is -0.104. The number of hydrogen-bond donors (Lipinski definition) is 2. The quantitative estimate of drug-likeness (QED) is 0.0656. The van der Waals surface area contributed by atoms with Crippen molar-refractivity contribution in [3.63, 3.8) is 0 Å². The molecule has 2 N–H and O–H groups in total. The van der Waals surface area contributed by atoms with Gasteiger partial charge in [0.05, 0.1) is 11.8 Å². The molecule has 0 heterocycles. The van der Waals surface area contributed by atoms with Gasteiger partial charge in [0, 0.05) is 0 Å². The van der Waals surface area contributed by atoms with Crippen molar-refractivity contribution in [3.05, 3.63) is 0 Å². The van der Waals surface area contributed by atoms with Crippen LogP contribution in [0.15, 0.2) is 0 Å². The third-order valence-corrected chi connectivity index (χ3v) is 10.7. The number of rotatable bonds is 37. The lowest BCUT2D eigenvalue weighted by atomic mass is 9.89. The molecular weight excluding hydrogens is 568 g/mol. The van der Waals surface area contributed by atoms with Crippen molar-refractivity contribution in [2.45, 2.75) is 233 Å². The predicted octanol–water partition coefficient (Wildman–Crippen LogP) is 14.2. The molecule has 0 rings (SSSR count). The molecule has 0 aromatic heterocycles. The summed E-state index contributed by atoms with van der Waals surface area (Å²) in [7, 11) is 0. The number of unbranched alkanes of at least 4 members (excludes halogenated alkanes) is 15. The van der Waals surface area contributed by atoms with E-state index in [1.807, 2.05) is 0 Å². The van der Waals surface area contributed by atoms with Crippen molar-refractivity contribution >= 4 is 11.9 Å². The Bertz CT molecular complexity index is 586. The van der Waals surface area contributed by atoms with Crippen molar-refractivity contribution in [2.75, 3.05) is 0 Å².